The third-order valence-corrected chi connectivity index (χ3v) is 3.19. The molecule has 0 aliphatic carbocycles. The molecule has 0 unspecified atom stereocenters. The van der Waals surface area contributed by atoms with Crippen LogP contribution in [-0.4, -0.2) is 15.9 Å². The van der Waals surface area contributed by atoms with Crippen LogP contribution >= 0.6 is 12.4 Å². The molecule has 2 aromatic heterocycles. The van der Waals surface area contributed by atoms with Gasteiger partial charge in [0, 0.05) is 29.2 Å². The van der Waals surface area contributed by atoms with Crippen LogP contribution in [0.4, 0.5) is 4.39 Å². The summed E-state index contributed by atoms with van der Waals surface area (Å²) < 4.78 is 13.4. The molecule has 0 radical (unpaired) electrons. The smallest absolute Gasteiger partial charge is 0.250 e. The molecule has 0 saturated carbocycles. The summed E-state index contributed by atoms with van der Waals surface area (Å²) in [6, 6.07) is 11.3. The number of H-pyrrole nitrogens is 1. The molecule has 0 saturated heterocycles. The minimum atomic E-state index is -0.564. The molecule has 0 spiro atoms. The van der Waals surface area contributed by atoms with Crippen molar-refractivity contribution in [2.45, 2.75) is 0 Å². The van der Waals surface area contributed by atoms with Crippen LogP contribution in [0, 0.1) is 5.82 Å². The van der Waals surface area contributed by atoms with Crippen molar-refractivity contribution in [3.63, 3.8) is 0 Å². The van der Waals surface area contributed by atoms with Crippen LogP contribution in [0.2, 0.25) is 0 Å². The molecule has 4 nitrogen and oxygen atoms in total. The Labute approximate surface area is 132 Å². The number of rotatable bonds is 3. The van der Waals surface area contributed by atoms with E-state index in [1.807, 2.05) is 12.1 Å². The third kappa shape index (κ3) is 2.99. The lowest BCUT2D eigenvalue weighted by molar-refractivity contribution is 0.100. The predicted molar refractivity (Wildman–Crippen MR) is 85.2 cm³/mol. The van der Waals surface area contributed by atoms with Gasteiger partial charge in [0.15, 0.2) is 0 Å². The summed E-state index contributed by atoms with van der Waals surface area (Å²) in [5, 5.41) is 0. The average molecular weight is 318 g/mol. The number of nitrogens with two attached hydrogens (primary N) is 1. The minimum Gasteiger partial charge on any atom is -0.366 e. The van der Waals surface area contributed by atoms with E-state index in [2.05, 4.69) is 9.97 Å². The Bertz CT molecular complexity index is 802. The standard InChI is InChI=1S/C16H12FN3O.ClH/c17-12-3-1-2-11(8-12)15-13(16(18)21)9-14(20-15)10-4-6-19-7-5-10;/h1-9,20H,(H2,18,21);1H. The maximum absolute atomic E-state index is 13.4. The summed E-state index contributed by atoms with van der Waals surface area (Å²) >= 11 is 0. The Kier molecular flexibility index (Phi) is 4.58. The summed E-state index contributed by atoms with van der Waals surface area (Å²) in [6.45, 7) is 0. The first kappa shape index (κ1) is 15.7. The fraction of sp³-hybridized carbons (Fsp3) is 0. The highest BCUT2D eigenvalue weighted by Gasteiger charge is 2.15. The zero-order valence-corrected chi connectivity index (χ0v) is 12.2. The van der Waals surface area contributed by atoms with Gasteiger partial charge in [0.05, 0.1) is 11.3 Å². The van der Waals surface area contributed by atoms with Gasteiger partial charge in [-0.1, -0.05) is 12.1 Å². The molecule has 1 aromatic carbocycles. The molecule has 0 bridgehead atoms. The van der Waals surface area contributed by atoms with Crippen molar-refractivity contribution in [2.24, 2.45) is 5.73 Å². The summed E-state index contributed by atoms with van der Waals surface area (Å²) in [5.41, 5.74) is 8.42. The SMILES string of the molecule is Cl.NC(=O)c1cc(-c2ccncc2)[nH]c1-c1cccc(F)c1. The molecule has 0 aliphatic heterocycles. The molecular formula is C16H13ClFN3O. The van der Waals surface area contributed by atoms with Crippen molar-refractivity contribution < 1.29 is 9.18 Å². The lowest BCUT2D eigenvalue weighted by Gasteiger charge is -2.01. The summed E-state index contributed by atoms with van der Waals surface area (Å²) in [6.07, 6.45) is 3.31. The van der Waals surface area contributed by atoms with Crippen LogP contribution in [0.5, 0.6) is 0 Å². The van der Waals surface area contributed by atoms with Crippen molar-refractivity contribution in [3.8, 4) is 22.5 Å². The molecule has 1 amide bonds. The zero-order chi connectivity index (χ0) is 14.8. The van der Waals surface area contributed by atoms with Crippen LogP contribution in [0.3, 0.4) is 0 Å². The number of aromatic nitrogens is 2. The average Bonchev–Trinajstić information content (AvgIpc) is 2.93. The van der Waals surface area contributed by atoms with Gasteiger partial charge in [0.1, 0.15) is 5.82 Å². The number of benzene rings is 1. The maximum Gasteiger partial charge on any atom is 0.250 e. The topological polar surface area (TPSA) is 71.8 Å². The van der Waals surface area contributed by atoms with E-state index in [-0.39, 0.29) is 18.2 Å². The second-order valence-corrected chi connectivity index (χ2v) is 4.58. The predicted octanol–water partition coefficient (Wildman–Crippen LogP) is 3.40. The van der Waals surface area contributed by atoms with Gasteiger partial charge in [-0.3, -0.25) is 9.78 Å². The van der Waals surface area contributed by atoms with Crippen LogP contribution < -0.4 is 5.73 Å². The lowest BCUT2D eigenvalue weighted by atomic mass is 10.1. The Morgan fingerprint density at radius 3 is 2.45 bits per heavy atom. The van der Waals surface area contributed by atoms with E-state index in [0.29, 0.717) is 16.8 Å². The van der Waals surface area contributed by atoms with E-state index in [9.17, 15) is 9.18 Å². The van der Waals surface area contributed by atoms with Crippen LogP contribution in [-0.2, 0) is 0 Å². The number of primary amides is 1. The number of nitrogens with zero attached hydrogens (tertiary/aromatic N) is 1. The van der Waals surface area contributed by atoms with Gasteiger partial charge >= 0.3 is 0 Å². The van der Waals surface area contributed by atoms with Crippen LogP contribution in [0.1, 0.15) is 10.4 Å². The molecule has 112 valence electrons. The normalized spacial score (nSPS) is 10.0. The summed E-state index contributed by atoms with van der Waals surface area (Å²) in [7, 11) is 0. The molecule has 0 aliphatic rings. The van der Waals surface area contributed by atoms with Crippen LogP contribution in [0.25, 0.3) is 22.5 Å². The zero-order valence-electron chi connectivity index (χ0n) is 11.4. The van der Waals surface area contributed by atoms with Crippen molar-refractivity contribution in [3.05, 3.63) is 66.2 Å². The number of aromatic amines is 1. The number of hydrogen-bond acceptors (Lipinski definition) is 2. The molecule has 6 heteroatoms. The number of hydrogen-bond donors (Lipinski definition) is 2. The van der Waals surface area contributed by atoms with Crippen molar-refractivity contribution >= 4 is 18.3 Å². The van der Waals surface area contributed by atoms with Crippen molar-refractivity contribution in [1.82, 2.24) is 9.97 Å². The molecule has 2 heterocycles. The van der Waals surface area contributed by atoms with Gasteiger partial charge in [0.2, 0.25) is 0 Å². The van der Waals surface area contributed by atoms with Gasteiger partial charge in [-0.25, -0.2) is 4.39 Å². The Morgan fingerprint density at radius 2 is 1.82 bits per heavy atom. The Hall–Kier alpha value is -2.66. The lowest BCUT2D eigenvalue weighted by Crippen LogP contribution is -2.11. The number of pyridine rings is 1. The number of amides is 1. The number of nitrogens with one attached hydrogen (secondary N) is 1. The molecule has 0 atom stereocenters. The number of carbonyl (C=O) groups is 1. The molecule has 3 rings (SSSR count). The second-order valence-electron chi connectivity index (χ2n) is 4.58. The first-order chi connectivity index (χ1) is 10.1. The van der Waals surface area contributed by atoms with Crippen molar-refractivity contribution in [2.75, 3.05) is 0 Å². The van der Waals surface area contributed by atoms with Gasteiger partial charge < -0.3 is 10.7 Å². The van der Waals surface area contributed by atoms with Gasteiger partial charge in [-0.05, 0) is 30.3 Å². The van der Waals surface area contributed by atoms with E-state index < -0.39 is 5.91 Å². The Morgan fingerprint density at radius 1 is 1.09 bits per heavy atom. The first-order valence-electron chi connectivity index (χ1n) is 6.34. The second kappa shape index (κ2) is 6.41. The molecule has 0 fully saturated rings. The molecule has 3 N–H and O–H groups in total. The first-order valence-corrected chi connectivity index (χ1v) is 6.34. The summed E-state index contributed by atoms with van der Waals surface area (Å²) in [4.78, 5) is 18.7. The van der Waals surface area contributed by atoms with Gasteiger partial charge in [-0.15, -0.1) is 12.4 Å². The number of halogens is 2. The maximum atomic E-state index is 13.4. The van der Waals surface area contributed by atoms with E-state index in [1.54, 1.807) is 30.6 Å². The quantitative estimate of drug-likeness (QED) is 0.777. The van der Waals surface area contributed by atoms with E-state index in [1.165, 1.54) is 12.1 Å². The van der Waals surface area contributed by atoms with E-state index in [4.69, 9.17) is 5.73 Å². The fourth-order valence-corrected chi connectivity index (χ4v) is 2.21. The molecule has 3 aromatic rings. The summed E-state index contributed by atoms with van der Waals surface area (Å²) in [5.74, 6) is -0.936. The van der Waals surface area contributed by atoms with Gasteiger partial charge in [-0.2, -0.15) is 0 Å². The molecular weight excluding hydrogens is 305 g/mol. The largest absolute Gasteiger partial charge is 0.366 e. The minimum absolute atomic E-state index is 0. The fourth-order valence-electron chi connectivity index (χ4n) is 2.21. The molecule has 22 heavy (non-hydrogen) atoms. The Balaban J connectivity index is 0.00000176. The van der Waals surface area contributed by atoms with E-state index in [0.717, 1.165) is 11.3 Å². The monoisotopic (exact) mass is 317 g/mol. The number of carbonyl (C=O) groups excluding carboxylic acids is 1. The van der Waals surface area contributed by atoms with E-state index >= 15 is 0 Å². The van der Waals surface area contributed by atoms with Crippen molar-refractivity contribution in [1.29, 1.82) is 0 Å². The van der Waals surface area contributed by atoms with Crippen LogP contribution in [0.15, 0.2) is 54.9 Å². The highest BCUT2D eigenvalue weighted by atomic mass is 35.5. The highest BCUT2D eigenvalue weighted by molar-refractivity contribution is 6.00. The van der Waals surface area contributed by atoms with Gasteiger partial charge in [0.25, 0.3) is 5.91 Å². The third-order valence-electron chi connectivity index (χ3n) is 3.19. The highest BCUT2D eigenvalue weighted by Crippen LogP contribution is 2.28.